The van der Waals surface area contributed by atoms with Gasteiger partial charge in [0.1, 0.15) is 11.1 Å². The van der Waals surface area contributed by atoms with Crippen molar-refractivity contribution in [3.63, 3.8) is 0 Å². The lowest BCUT2D eigenvalue weighted by molar-refractivity contribution is 0.0526. The first-order valence-corrected chi connectivity index (χ1v) is 10.3. The Bertz CT molecular complexity index is 1360. The first-order chi connectivity index (χ1) is 15.5. The molecule has 0 radical (unpaired) electrons. The molecule has 0 saturated carbocycles. The number of carbonyl (C=O) groups is 2. The Hall–Kier alpha value is -3.90. The van der Waals surface area contributed by atoms with Crippen molar-refractivity contribution in [2.24, 2.45) is 4.99 Å². The molecule has 160 valence electrons. The Balaban J connectivity index is 1.79. The lowest BCUT2D eigenvalue weighted by Crippen LogP contribution is -2.21. The third-order valence-electron chi connectivity index (χ3n) is 4.59. The van der Waals surface area contributed by atoms with Gasteiger partial charge in [-0.1, -0.05) is 35.9 Å². The number of esters is 1. The molecule has 1 amide bonds. The molecule has 0 fully saturated rings. The Morgan fingerprint density at radius 2 is 1.78 bits per heavy atom. The molecular weight excluding hydrogens is 428 g/mol. The maximum absolute atomic E-state index is 13.1. The molecule has 0 aliphatic carbocycles. The van der Waals surface area contributed by atoms with E-state index >= 15 is 0 Å². The van der Waals surface area contributed by atoms with Crippen molar-refractivity contribution in [2.75, 3.05) is 11.9 Å². The van der Waals surface area contributed by atoms with Crippen molar-refractivity contribution < 1.29 is 18.7 Å². The van der Waals surface area contributed by atoms with Gasteiger partial charge in [0.15, 0.2) is 0 Å². The van der Waals surface area contributed by atoms with E-state index in [2.05, 4.69) is 10.3 Å². The SMILES string of the molecule is CCOC(=O)c1cccc(N=c2oc3ccccc3cc2C(=O)Nc2ccc(Cl)cc2)c1. The summed E-state index contributed by atoms with van der Waals surface area (Å²) in [6.07, 6.45) is 0. The molecule has 7 heteroatoms. The lowest BCUT2D eigenvalue weighted by atomic mass is 10.1. The number of rotatable bonds is 5. The summed E-state index contributed by atoms with van der Waals surface area (Å²) in [5.41, 5.74) is 2.35. The minimum absolute atomic E-state index is 0.121. The molecule has 4 rings (SSSR count). The zero-order valence-electron chi connectivity index (χ0n) is 17.2. The van der Waals surface area contributed by atoms with Crippen molar-refractivity contribution in [1.29, 1.82) is 0 Å². The third-order valence-corrected chi connectivity index (χ3v) is 4.84. The molecule has 4 aromatic rings. The van der Waals surface area contributed by atoms with Crippen LogP contribution in [0.2, 0.25) is 5.02 Å². The lowest BCUT2D eigenvalue weighted by Gasteiger charge is -2.07. The average molecular weight is 447 g/mol. The predicted molar refractivity (Wildman–Crippen MR) is 123 cm³/mol. The van der Waals surface area contributed by atoms with Gasteiger partial charge < -0.3 is 14.5 Å². The summed E-state index contributed by atoms with van der Waals surface area (Å²) < 4.78 is 11.0. The molecule has 6 nitrogen and oxygen atoms in total. The van der Waals surface area contributed by atoms with E-state index in [0.717, 1.165) is 5.39 Å². The van der Waals surface area contributed by atoms with Crippen LogP contribution in [0.25, 0.3) is 11.0 Å². The molecule has 0 saturated heterocycles. The molecule has 1 heterocycles. The highest BCUT2D eigenvalue weighted by molar-refractivity contribution is 6.30. The molecule has 1 aromatic heterocycles. The number of carbonyl (C=O) groups excluding carboxylic acids is 2. The quantitative estimate of drug-likeness (QED) is 0.396. The van der Waals surface area contributed by atoms with E-state index in [1.54, 1.807) is 67.6 Å². The van der Waals surface area contributed by atoms with Crippen LogP contribution in [-0.2, 0) is 4.74 Å². The largest absolute Gasteiger partial charge is 0.462 e. The number of halogens is 1. The second-order valence-electron chi connectivity index (χ2n) is 6.85. The number of ether oxygens (including phenoxy) is 1. The number of anilines is 1. The molecular formula is C25H19ClN2O4. The number of fused-ring (bicyclic) bond motifs is 1. The minimum atomic E-state index is -0.444. The number of para-hydroxylation sites is 1. The van der Waals surface area contributed by atoms with Crippen molar-refractivity contribution in [2.45, 2.75) is 6.92 Å². The van der Waals surface area contributed by atoms with Crippen molar-refractivity contribution >= 4 is 45.8 Å². The van der Waals surface area contributed by atoms with E-state index in [9.17, 15) is 9.59 Å². The Morgan fingerprint density at radius 1 is 1.00 bits per heavy atom. The molecule has 0 unspecified atom stereocenters. The van der Waals surface area contributed by atoms with Crippen LogP contribution in [0.4, 0.5) is 11.4 Å². The molecule has 0 bridgehead atoms. The molecule has 1 N–H and O–H groups in total. The Morgan fingerprint density at radius 3 is 2.56 bits per heavy atom. The summed E-state index contributed by atoms with van der Waals surface area (Å²) in [5.74, 6) is -0.831. The van der Waals surface area contributed by atoms with Crippen LogP contribution in [0.5, 0.6) is 0 Å². The summed E-state index contributed by atoms with van der Waals surface area (Å²) in [5, 5.41) is 4.16. The van der Waals surface area contributed by atoms with E-state index in [-0.39, 0.29) is 23.6 Å². The van der Waals surface area contributed by atoms with E-state index in [1.165, 1.54) is 0 Å². The standard InChI is InChI=1S/C25H19ClN2O4/c1-2-31-25(30)17-7-5-8-20(14-17)28-24-21(15-16-6-3-4-9-22(16)32-24)23(29)27-19-12-10-18(26)11-13-19/h3-15H,2H2,1H3,(H,27,29). The highest BCUT2D eigenvalue weighted by Gasteiger charge is 2.14. The zero-order chi connectivity index (χ0) is 22.5. The summed E-state index contributed by atoms with van der Waals surface area (Å²) >= 11 is 5.93. The van der Waals surface area contributed by atoms with Gasteiger partial charge in [-0.25, -0.2) is 9.79 Å². The molecule has 32 heavy (non-hydrogen) atoms. The fourth-order valence-electron chi connectivity index (χ4n) is 3.08. The number of amides is 1. The number of hydrogen-bond acceptors (Lipinski definition) is 5. The van der Waals surface area contributed by atoms with Gasteiger partial charge in [-0.3, -0.25) is 4.79 Å². The summed E-state index contributed by atoms with van der Waals surface area (Å²) in [6, 6.07) is 22.5. The number of nitrogens with one attached hydrogen (secondary N) is 1. The number of hydrogen-bond donors (Lipinski definition) is 1. The minimum Gasteiger partial charge on any atom is -0.462 e. The van der Waals surface area contributed by atoms with Gasteiger partial charge in [-0.05, 0) is 61.5 Å². The van der Waals surface area contributed by atoms with E-state index in [1.807, 2.05) is 18.2 Å². The van der Waals surface area contributed by atoms with Crippen molar-refractivity contribution in [1.82, 2.24) is 0 Å². The third kappa shape index (κ3) is 4.87. The van der Waals surface area contributed by atoms with Crippen LogP contribution in [0.3, 0.4) is 0 Å². The highest BCUT2D eigenvalue weighted by Crippen LogP contribution is 2.19. The average Bonchev–Trinajstić information content (AvgIpc) is 2.80. The first-order valence-electron chi connectivity index (χ1n) is 9.95. The summed E-state index contributed by atoms with van der Waals surface area (Å²) in [7, 11) is 0. The van der Waals surface area contributed by atoms with Crippen LogP contribution in [0.15, 0.2) is 88.3 Å². The first kappa shape index (κ1) is 21.3. The van der Waals surface area contributed by atoms with Gasteiger partial charge >= 0.3 is 5.97 Å². The Kier molecular flexibility index (Phi) is 6.33. The van der Waals surface area contributed by atoms with Gasteiger partial charge in [-0.2, -0.15) is 0 Å². The molecule has 0 aliphatic heterocycles. The second kappa shape index (κ2) is 9.49. The highest BCUT2D eigenvalue weighted by atomic mass is 35.5. The van der Waals surface area contributed by atoms with Crippen LogP contribution >= 0.6 is 11.6 Å². The molecule has 0 atom stereocenters. The van der Waals surface area contributed by atoms with Crippen LogP contribution in [0, 0.1) is 0 Å². The maximum Gasteiger partial charge on any atom is 0.338 e. The van der Waals surface area contributed by atoms with Gasteiger partial charge in [0.2, 0.25) is 5.55 Å². The zero-order valence-corrected chi connectivity index (χ0v) is 17.9. The summed E-state index contributed by atoms with van der Waals surface area (Å²) in [4.78, 5) is 29.7. The predicted octanol–water partition coefficient (Wildman–Crippen LogP) is 5.75. The molecule has 0 spiro atoms. The smallest absolute Gasteiger partial charge is 0.338 e. The van der Waals surface area contributed by atoms with Crippen LogP contribution < -0.4 is 10.9 Å². The fourth-order valence-corrected chi connectivity index (χ4v) is 3.21. The van der Waals surface area contributed by atoms with Gasteiger partial charge in [0.05, 0.1) is 17.9 Å². The van der Waals surface area contributed by atoms with Crippen molar-refractivity contribution in [3.05, 3.63) is 101 Å². The van der Waals surface area contributed by atoms with Gasteiger partial charge in [-0.15, -0.1) is 0 Å². The summed E-state index contributed by atoms with van der Waals surface area (Å²) in [6.45, 7) is 2.01. The van der Waals surface area contributed by atoms with E-state index in [0.29, 0.717) is 27.5 Å². The monoisotopic (exact) mass is 446 g/mol. The fraction of sp³-hybridized carbons (Fsp3) is 0.0800. The van der Waals surface area contributed by atoms with Crippen LogP contribution in [-0.4, -0.2) is 18.5 Å². The molecule has 3 aromatic carbocycles. The van der Waals surface area contributed by atoms with Crippen molar-refractivity contribution in [3.8, 4) is 0 Å². The normalized spacial score (nSPS) is 11.4. The Labute approximate surface area is 189 Å². The number of nitrogens with zero attached hydrogens (tertiary/aromatic N) is 1. The topological polar surface area (TPSA) is 80.9 Å². The number of benzene rings is 3. The van der Waals surface area contributed by atoms with Gasteiger partial charge in [0.25, 0.3) is 5.91 Å². The maximum atomic E-state index is 13.1. The van der Waals surface area contributed by atoms with E-state index < -0.39 is 5.97 Å². The second-order valence-corrected chi connectivity index (χ2v) is 7.28. The van der Waals surface area contributed by atoms with Gasteiger partial charge in [0, 0.05) is 16.1 Å². The van der Waals surface area contributed by atoms with E-state index in [4.69, 9.17) is 20.8 Å². The van der Waals surface area contributed by atoms with Crippen LogP contribution in [0.1, 0.15) is 27.6 Å². The molecule has 0 aliphatic rings.